The van der Waals surface area contributed by atoms with Crippen molar-refractivity contribution in [1.82, 2.24) is 14.5 Å². The minimum absolute atomic E-state index is 0.0542. The molecule has 2 heterocycles. The van der Waals surface area contributed by atoms with Gasteiger partial charge in [0.2, 0.25) is 0 Å². The Morgan fingerprint density at radius 2 is 1.71 bits per heavy atom. The second kappa shape index (κ2) is 8.61. The van der Waals surface area contributed by atoms with E-state index in [9.17, 15) is 4.79 Å². The number of piperidine rings is 1. The lowest BCUT2D eigenvalue weighted by Gasteiger charge is -2.32. The molecule has 5 nitrogen and oxygen atoms in total. The standard InChI is InChI=1S/C25H24ClN3O2/c26-19-9-10-23-24(16-19)29(25(30)27-23)20-11-13-28(14-12-20)17-18-5-4-8-22(15-18)31-21-6-2-1-3-7-21/h1-10,15-16,20H,11-14,17H2,(H,27,30). The van der Waals surface area contributed by atoms with Crippen molar-refractivity contribution in [2.24, 2.45) is 0 Å². The average Bonchev–Trinajstić information content (AvgIpc) is 3.10. The summed E-state index contributed by atoms with van der Waals surface area (Å²) in [6.07, 6.45) is 1.86. The van der Waals surface area contributed by atoms with E-state index in [1.807, 2.05) is 65.2 Å². The van der Waals surface area contributed by atoms with Crippen molar-refractivity contribution < 1.29 is 4.74 Å². The molecule has 1 fully saturated rings. The summed E-state index contributed by atoms with van der Waals surface area (Å²) in [5.74, 6) is 1.69. The van der Waals surface area contributed by atoms with Gasteiger partial charge in [-0.05, 0) is 60.9 Å². The molecule has 0 saturated carbocycles. The molecule has 158 valence electrons. The number of aromatic nitrogens is 2. The molecular weight excluding hydrogens is 410 g/mol. The van der Waals surface area contributed by atoms with Crippen LogP contribution in [0.25, 0.3) is 11.0 Å². The Bertz CT molecular complexity index is 1240. The van der Waals surface area contributed by atoms with Crippen LogP contribution in [0.5, 0.6) is 11.5 Å². The van der Waals surface area contributed by atoms with E-state index < -0.39 is 0 Å². The number of likely N-dealkylation sites (tertiary alicyclic amines) is 1. The molecule has 0 radical (unpaired) electrons. The summed E-state index contributed by atoms with van der Waals surface area (Å²) in [7, 11) is 0. The fourth-order valence-corrected chi connectivity index (χ4v) is 4.55. The van der Waals surface area contributed by atoms with Gasteiger partial charge in [-0.15, -0.1) is 0 Å². The lowest BCUT2D eigenvalue weighted by atomic mass is 10.0. The second-order valence-electron chi connectivity index (χ2n) is 8.03. The highest BCUT2D eigenvalue weighted by Gasteiger charge is 2.23. The van der Waals surface area contributed by atoms with Gasteiger partial charge in [0.25, 0.3) is 0 Å². The first-order chi connectivity index (χ1) is 15.2. The predicted octanol–water partition coefficient (Wildman–Crippen LogP) is 5.61. The Labute approximate surface area is 185 Å². The Balaban J connectivity index is 1.25. The first-order valence-corrected chi connectivity index (χ1v) is 11.0. The van der Waals surface area contributed by atoms with E-state index in [0.717, 1.165) is 55.0 Å². The quantitative estimate of drug-likeness (QED) is 0.445. The zero-order valence-electron chi connectivity index (χ0n) is 17.1. The number of hydrogen-bond acceptors (Lipinski definition) is 3. The van der Waals surface area contributed by atoms with Crippen molar-refractivity contribution in [2.75, 3.05) is 13.1 Å². The number of H-pyrrole nitrogens is 1. The average molecular weight is 434 g/mol. The van der Waals surface area contributed by atoms with Crippen LogP contribution in [0.4, 0.5) is 0 Å². The molecule has 1 saturated heterocycles. The molecule has 5 rings (SSSR count). The molecule has 1 N–H and O–H groups in total. The van der Waals surface area contributed by atoms with Gasteiger partial charge in [0.15, 0.2) is 0 Å². The third-order valence-electron chi connectivity index (χ3n) is 5.89. The van der Waals surface area contributed by atoms with Crippen LogP contribution in [0.1, 0.15) is 24.4 Å². The van der Waals surface area contributed by atoms with Crippen molar-refractivity contribution in [3.63, 3.8) is 0 Å². The summed E-state index contributed by atoms with van der Waals surface area (Å²) < 4.78 is 7.85. The monoisotopic (exact) mass is 433 g/mol. The number of hydrogen-bond donors (Lipinski definition) is 1. The zero-order chi connectivity index (χ0) is 21.2. The van der Waals surface area contributed by atoms with Gasteiger partial charge in [-0.25, -0.2) is 4.79 Å². The van der Waals surface area contributed by atoms with Crippen molar-refractivity contribution in [3.05, 3.63) is 93.9 Å². The van der Waals surface area contributed by atoms with Gasteiger partial charge in [0, 0.05) is 30.7 Å². The minimum atomic E-state index is -0.0542. The molecule has 0 atom stereocenters. The number of halogens is 1. The fourth-order valence-electron chi connectivity index (χ4n) is 4.38. The summed E-state index contributed by atoms with van der Waals surface area (Å²) >= 11 is 6.17. The van der Waals surface area contributed by atoms with Crippen molar-refractivity contribution in [2.45, 2.75) is 25.4 Å². The zero-order valence-corrected chi connectivity index (χ0v) is 17.9. The third kappa shape index (κ3) is 4.38. The molecule has 0 bridgehead atoms. The SMILES string of the molecule is O=c1[nH]c2ccc(Cl)cc2n1C1CCN(Cc2cccc(Oc3ccccc3)c2)CC1. The van der Waals surface area contributed by atoms with Gasteiger partial charge in [-0.2, -0.15) is 0 Å². The van der Waals surface area contributed by atoms with Gasteiger partial charge in [0.05, 0.1) is 11.0 Å². The molecule has 1 aromatic heterocycles. The maximum Gasteiger partial charge on any atom is 0.326 e. The summed E-state index contributed by atoms with van der Waals surface area (Å²) in [5.41, 5.74) is 2.90. The number of fused-ring (bicyclic) bond motifs is 1. The molecule has 3 aromatic carbocycles. The first kappa shape index (κ1) is 19.9. The van der Waals surface area contributed by atoms with Crippen LogP contribution in [0.15, 0.2) is 77.6 Å². The van der Waals surface area contributed by atoms with Crippen LogP contribution in [-0.4, -0.2) is 27.5 Å². The number of nitrogens with zero attached hydrogens (tertiary/aromatic N) is 2. The Hall–Kier alpha value is -3.02. The minimum Gasteiger partial charge on any atom is -0.457 e. The maximum atomic E-state index is 12.5. The van der Waals surface area contributed by atoms with E-state index in [2.05, 4.69) is 22.0 Å². The number of benzene rings is 3. The molecular formula is C25H24ClN3O2. The number of para-hydroxylation sites is 1. The van der Waals surface area contributed by atoms with Crippen LogP contribution in [-0.2, 0) is 6.54 Å². The normalized spacial score (nSPS) is 15.4. The molecule has 1 aliphatic rings. The Morgan fingerprint density at radius 3 is 2.52 bits per heavy atom. The van der Waals surface area contributed by atoms with E-state index >= 15 is 0 Å². The summed E-state index contributed by atoms with van der Waals surface area (Å²) in [6.45, 7) is 2.75. The molecule has 0 unspecified atom stereocenters. The molecule has 6 heteroatoms. The highest BCUT2D eigenvalue weighted by Crippen LogP contribution is 2.28. The maximum absolute atomic E-state index is 12.5. The first-order valence-electron chi connectivity index (χ1n) is 10.6. The van der Waals surface area contributed by atoms with E-state index in [1.165, 1.54) is 5.56 Å². The molecule has 4 aromatic rings. The van der Waals surface area contributed by atoms with E-state index in [-0.39, 0.29) is 11.7 Å². The van der Waals surface area contributed by atoms with E-state index in [1.54, 1.807) is 0 Å². The lowest BCUT2D eigenvalue weighted by Crippen LogP contribution is -2.36. The molecule has 0 aliphatic carbocycles. The number of ether oxygens (including phenoxy) is 1. The van der Waals surface area contributed by atoms with Gasteiger partial charge < -0.3 is 9.72 Å². The number of aromatic amines is 1. The topological polar surface area (TPSA) is 50.3 Å². The largest absolute Gasteiger partial charge is 0.457 e. The van der Waals surface area contributed by atoms with Crippen molar-refractivity contribution in [3.8, 4) is 11.5 Å². The number of nitrogens with one attached hydrogen (secondary N) is 1. The number of rotatable bonds is 5. The lowest BCUT2D eigenvalue weighted by molar-refractivity contribution is 0.180. The van der Waals surface area contributed by atoms with Crippen molar-refractivity contribution >= 4 is 22.6 Å². The third-order valence-corrected chi connectivity index (χ3v) is 6.12. The van der Waals surface area contributed by atoms with Crippen LogP contribution < -0.4 is 10.4 Å². The highest BCUT2D eigenvalue weighted by atomic mass is 35.5. The summed E-state index contributed by atoms with van der Waals surface area (Å²) in [6, 6.07) is 23.8. The molecule has 0 spiro atoms. The van der Waals surface area contributed by atoms with Gasteiger partial charge in [-0.1, -0.05) is 41.9 Å². The van der Waals surface area contributed by atoms with Gasteiger partial charge in [-0.3, -0.25) is 9.47 Å². The van der Waals surface area contributed by atoms with E-state index in [4.69, 9.17) is 16.3 Å². The summed E-state index contributed by atoms with van der Waals surface area (Å²) in [4.78, 5) is 17.9. The second-order valence-corrected chi connectivity index (χ2v) is 8.47. The number of imidazole rings is 1. The molecule has 0 amide bonds. The van der Waals surface area contributed by atoms with Gasteiger partial charge >= 0.3 is 5.69 Å². The Morgan fingerprint density at radius 1 is 0.935 bits per heavy atom. The summed E-state index contributed by atoms with van der Waals surface area (Å²) in [5, 5.41) is 0.648. The highest BCUT2D eigenvalue weighted by molar-refractivity contribution is 6.31. The van der Waals surface area contributed by atoms with Gasteiger partial charge in [0.1, 0.15) is 11.5 Å². The van der Waals surface area contributed by atoms with Crippen LogP contribution in [0.3, 0.4) is 0 Å². The fraction of sp³-hybridized carbons (Fsp3) is 0.240. The molecule has 31 heavy (non-hydrogen) atoms. The smallest absolute Gasteiger partial charge is 0.326 e. The predicted molar refractivity (Wildman–Crippen MR) is 124 cm³/mol. The van der Waals surface area contributed by atoms with E-state index in [0.29, 0.717) is 5.02 Å². The molecule has 1 aliphatic heterocycles. The Kier molecular flexibility index (Phi) is 5.53. The van der Waals surface area contributed by atoms with Crippen LogP contribution >= 0.6 is 11.6 Å². The van der Waals surface area contributed by atoms with Crippen LogP contribution in [0.2, 0.25) is 5.02 Å². The van der Waals surface area contributed by atoms with Crippen LogP contribution in [0, 0.1) is 0 Å². The van der Waals surface area contributed by atoms with Crippen molar-refractivity contribution in [1.29, 1.82) is 0 Å².